The number of hydrogen-bond donors (Lipinski definition) is 0. The SMILES string of the molecule is CC.CC.COCCC(C)(C)OCCCCCC(=O)ON1C(=O)CCC1=O. The van der Waals surface area contributed by atoms with Gasteiger partial charge in [0.25, 0.3) is 11.8 Å². The molecule has 2 amide bonds. The number of amides is 2. The molecule has 1 fully saturated rings. The van der Waals surface area contributed by atoms with Gasteiger partial charge < -0.3 is 14.3 Å². The summed E-state index contributed by atoms with van der Waals surface area (Å²) in [6.45, 7) is 13.3. The molecule has 1 rings (SSSR count). The Hall–Kier alpha value is -1.47. The Morgan fingerprint density at radius 2 is 1.52 bits per heavy atom. The van der Waals surface area contributed by atoms with Crippen molar-refractivity contribution in [3.63, 3.8) is 0 Å². The summed E-state index contributed by atoms with van der Waals surface area (Å²) in [5.41, 5.74) is -0.217. The number of imide groups is 1. The maximum Gasteiger partial charge on any atom is 0.333 e. The fourth-order valence-electron chi connectivity index (χ4n) is 2.12. The van der Waals surface area contributed by atoms with Crippen molar-refractivity contribution in [2.45, 2.75) is 92.1 Å². The lowest BCUT2D eigenvalue weighted by atomic mass is 10.1. The summed E-state index contributed by atoms with van der Waals surface area (Å²) in [6, 6.07) is 0. The standard InChI is InChI=1S/C16H27NO6.2C2H6/c1-16(2,10-12-21-3)22-11-6-4-5-7-15(20)23-17-13(18)8-9-14(17)19;2*1-2/h4-12H2,1-3H3;2*1-2H3. The van der Waals surface area contributed by atoms with Crippen molar-refractivity contribution in [1.82, 2.24) is 5.06 Å². The van der Waals surface area contributed by atoms with Crippen LogP contribution in [0.2, 0.25) is 0 Å². The molecule has 7 nitrogen and oxygen atoms in total. The average molecular weight is 390 g/mol. The summed E-state index contributed by atoms with van der Waals surface area (Å²) >= 11 is 0. The lowest BCUT2D eigenvalue weighted by Crippen LogP contribution is -2.31. The van der Waals surface area contributed by atoms with Gasteiger partial charge in [-0.25, -0.2) is 4.79 Å². The Bertz CT molecular complexity index is 407. The fraction of sp³-hybridized carbons (Fsp3) is 0.850. The lowest BCUT2D eigenvalue weighted by Gasteiger charge is -2.25. The van der Waals surface area contributed by atoms with Gasteiger partial charge >= 0.3 is 5.97 Å². The molecule has 7 heteroatoms. The molecule has 0 bridgehead atoms. The number of hydrogen-bond acceptors (Lipinski definition) is 6. The second-order valence-electron chi connectivity index (χ2n) is 6.21. The van der Waals surface area contributed by atoms with E-state index in [9.17, 15) is 14.4 Å². The molecule has 0 radical (unpaired) electrons. The van der Waals surface area contributed by atoms with Crippen LogP contribution >= 0.6 is 0 Å². The largest absolute Gasteiger partial charge is 0.385 e. The Kier molecular flexibility index (Phi) is 17.1. The molecule has 0 aromatic heterocycles. The highest BCUT2D eigenvalue weighted by molar-refractivity contribution is 6.01. The van der Waals surface area contributed by atoms with Crippen LogP contribution in [0.5, 0.6) is 0 Å². The molecule has 0 aliphatic carbocycles. The zero-order valence-corrected chi connectivity index (χ0v) is 18.3. The number of hydroxylamine groups is 2. The highest BCUT2D eigenvalue weighted by atomic mass is 16.7. The minimum Gasteiger partial charge on any atom is -0.385 e. The van der Waals surface area contributed by atoms with Crippen molar-refractivity contribution >= 4 is 17.8 Å². The lowest BCUT2D eigenvalue weighted by molar-refractivity contribution is -0.197. The van der Waals surface area contributed by atoms with Crippen molar-refractivity contribution in [1.29, 1.82) is 0 Å². The van der Waals surface area contributed by atoms with E-state index in [2.05, 4.69) is 0 Å². The van der Waals surface area contributed by atoms with E-state index >= 15 is 0 Å². The first-order valence-corrected chi connectivity index (χ1v) is 10.1. The van der Waals surface area contributed by atoms with Crippen molar-refractivity contribution in [3.8, 4) is 0 Å². The highest BCUT2D eigenvalue weighted by Gasteiger charge is 2.32. The molecule has 160 valence electrons. The Labute approximate surface area is 164 Å². The molecule has 1 aliphatic heterocycles. The molecular weight excluding hydrogens is 350 g/mol. The van der Waals surface area contributed by atoms with Gasteiger partial charge in [0, 0.05) is 39.6 Å². The quantitative estimate of drug-likeness (QED) is 0.392. The molecule has 0 atom stereocenters. The van der Waals surface area contributed by atoms with Crippen molar-refractivity contribution < 1.29 is 28.7 Å². The molecule has 1 heterocycles. The molecule has 0 N–H and O–H groups in total. The molecular formula is C20H39NO6. The predicted molar refractivity (Wildman–Crippen MR) is 105 cm³/mol. The second-order valence-corrected chi connectivity index (χ2v) is 6.21. The van der Waals surface area contributed by atoms with E-state index < -0.39 is 17.8 Å². The van der Waals surface area contributed by atoms with Crippen LogP contribution in [-0.4, -0.2) is 48.8 Å². The molecule has 0 saturated carbocycles. The van der Waals surface area contributed by atoms with E-state index in [1.54, 1.807) is 7.11 Å². The zero-order valence-electron chi connectivity index (χ0n) is 18.3. The van der Waals surface area contributed by atoms with Crippen LogP contribution in [0, 0.1) is 0 Å². The van der Waals surface area contributed by atoms with Gasteiger partial charge in [-0.2, -0.15) is 0 Å². The van der Waals surface area contributed by atoms with Crippen LogP contribution in [0.15, 0.2) is 0 Å². The normalized spacial score (nSPS) is 13.5. The van der Waals surface area contributed by atoms with Crippen LogP contribution in [0.25, 0.3) is 0 Å². The van der Waals surface area contributed by atoms with E-state index in [4.69, 9.17) is 14.3 Å². The van der Waals surface area contributed by atoms with Gasteiger partial charge in [0.15, 0.2) is 0 Å². The van der Waals surface area contributed by atoms with Crippen LogP contribution in [0.1, 0.15) is 86.5 Å². The van der Waals surface area contributed by atoms with E-state index in [1.807, 2.05) is 41.5 Å². The number of methoxy groups -OCH3 is 1. The van der Waals surface area contributed by atoms with Gasteiger partial charge in [0.1, 0.15) is 0 Å². The molecule has 0 aromatic carbocycles. The smallest absolute Gasteiger partial charge is 0.333 e. The summed E-state index contributed by atoms with van der Waals surface area (Å²) in [7, 11) is 1.67. The van der Waals surface area contributed by atoms with E-state index in [1.165, 1.54) is 0 Å². The zero-order chi connectivity index (χ0) is 21.3. The molecule has 0 spiro atoms. The maximum absolute atomic E-state index is 11.6. The fourth-order valence-corrected chi connectivity index (χ4v) is 2.12. The third-order valence-electron chi connectivity index (χ3n) is 3.63. The summed E-state index contributed by atoms with van der Waals surface area (Å²) in [5, 5.41) is 0.587. The number of ether oxygens (including phenoxy) is 2. The summed E-state index contributed by atoms with van der Waals surface area (Å²) in [4.78, 5) is 39.0. The Morgan fingerprint density at radius 3 is 2.04 bits per heavy atom. The summed E-state index contributed by atoms with van der Waals surface area (Å²) in [6.07, 6.45) is 3.53. The Morgan fingerprint density at radius 1 is 0.963 bits per heavy atom. The van der Waals surface area contributed by atoms with Crippen molar-refractivity contribution in [2.75, 3.05) is 20.3 Å². The molecule has 1 aliphatic rings. The summed E-state index contributed by atoms with van der Waals surface area (Å²) in [5.74, 6) is -1.44. The number of rotatable bonds is 11. The van der Waals surface area contributed by atoms with Crippen LogP contribution in [0.3, 0.4) is 0 Å². The van der Waals surface area contributed by atoms with Gasteiger partial charge in [0.2, 0.25) is 0 Å². The van der Waals surface area contributed by atoms with E-state index in [-0.39, 0.29) is 24.9 Å². The predicted octanol–water partition coefficient (Wildman–Crippen LogP) is 4.04. The number of unbranched alkanes of at least 4 members (excludes halogenated alkanes) is 2. The van der Waals surface area contributed by atoms with Gasteiger partial charge in [-0.05, 0) is 33.1 Å². The summed E-state index contributed by atoms with van der Waals surface area (Å²) < 4.78 is 10.8. The first kappa shape index (κ1) is 27.7. The van der Waals surface area contributed by atoms with E-state index in [0.717, 1.165) is 19.3 Å². The molecule has 0 aromatic rings. The van der Waals surface area contributed by atoms with E-state index in [0.29, 0.717) is 24.7 Å². The number of nitrogens with zero attached hydrogens (tertiary/aromatic N) is 1. The minimum atomic E-state index is -0.546. The average Bonchev–Trinajstić information content (AvgIpc) is 2.98. The topological polar surface area (TPSA) is 82.1 Å². The highest BCUT2D eigenvalue weighted by Crippen LogP contribution is 2.16. The van der Waals surface area contributed by atoms with Gasteiger partial charge in [-0.15, -0.1) is 5.06 Å². The van der Waals surface area contributed by atoms with Gasteiger partial charge in [-0.1, -0.05) is 34.1 Å². The minimum absolute atomic E-state index is 0.113. The van der Waals surface area contributed by atoms with Gasteiger partial charge in [0.05, 0.1) is 5.60 Å². The maximum atomic E-state index is 11.6. The van der Waals surface area contributed by atoms with Crippen LogP contribution in [0.4, 0.5) is 0 Å². The molecule has 1 saturated heterocycles. The third-order valence-corrected chi connectivity index (χ3v) is 3.63. The molecule has 27 heavy (non-hydrogen) atoms. The molecule has 0 unspecified atom stereocenters. The van der Waals surface area contributed by atoms with Crippen LogP contribution in [-0.2, 0) is 28.7 Å². The first-order valence-electron chi connectivity index (χ1n) is 10.1. The first-order chi connectivity index (χ1) is 12.9. The number of carbonyl (C=O) groups excluding carboxylic acids is 3. The van der Waals surface area contributed by atoms with Gasteiger partial charge in [-0.3, -0.25) is 9.59 Å². The van der Waals surface area contributed by atoms with Crippen LogP contribution < -0.4 is 0 Å². The second kappa shape index (κ2) is 16.7. The van der Waals surface area contributed by atoms with Crippen molar-refractivity contribution in [2.24, 2.45) is 0 Å². The Balaban J connectivity index is 0. The number of carbonyl (C=O) groups is 3. The monoisotopic (exact) mass is 389 g/mol. The van der Waals surface area contributed by atoms with Crippen molar-refractivity contribution in [3.05, 3.63) is 0 Å². The third kappa shape index (κ3) is 13.4.